The summed E-state index contributed by atoms with van der Waals surface area (Å²) in [7, 11) is -4.30. The number of anilines is 1. The molecule has 1 amide bonds. The second-order valence-corrected chi connectivity index (χ2v) is 8.34. The fraction of sp³-hybridized carbons (Fsp3) is 0.174. The number of hydrogen-bond donors (Lipinski definition) is 1. The first-order valence-corrected chi connectivity index (χ1v) is 11.6. The highest BCUT2D eigenvalue weighted by Gasteiger charge is 2.20. The van der Waals surface area contributed by atoms with Gasteiger partial charge in [-0.05, 0) is 56.3 Å². The minimum Gasteiger partial charge on any atom is -0.490 e. The number of nitro benzene ring substituents is 1. The van der Waals surface area contributed by atoms with Crippen LogP contribution in [0.3, 0.4) is 0 Å². The summed E-state index contributed by atoms with van der Waals surface area (Å²) < 4.78 is 41.0. The Morgan fingerprint density at radius 3 is 2.26 bits per heavy atom. The number of non-ortho nitro benzene ring substituents is 1. The van der Waals surface area contributed by atoms with Crippen molar-refractivity contribution < 1.29 is 31.8 Å². The molecule has 0 aliphatic carbocycles. The van der Waals surface area contributed by atoms with Gasteiger partial charge in [-0.15, -0.1) is 0 Å². The van der Waals surface area contributed by atoms with Gasteiger partial charge in [-0.2, -0.15) is 8.42 Å². The van der Waals surface area contributed by atoms with E-state index in [2.05, 4.69) is 5.32 Å². The van der Waals surface area contributed by atoms with E-state index >= 15 is 0 Å². The van der Waals surface area contributed by atoms with Crippen LogP contribution in [0, 0.1) is 10.1 Å². The van der Waals surface area contributed by atoms with Gasteiger partial charge in [0.1, 0.15) is 10.6 Å². The van der Waals surface area contributed by atoms with Gasteiger partial charge in [0.15, 0.2) is 11.5 Å². The Morgan fingerprint density at radius 1 is 0.941 bits per heavy atom. The van der Waals surface area contributed by atoms with Gasteiger partial charge in [-0.25, -0.2) is 0 Å². The Balaban J connectivity index is 1.72. The third kappa shape index (κ3) is 6.01. The minimum atomic E-state index is -4.30. The van der Waals surface area contributed by atoms with Crippen molar-refractivity contribution in [2.24, 2.45) is 0 Å². The maximum atomic E-state index is 12.6. The molecule has 0 saturated carbocycles. The summed E-state index contributed by atoms with van der Waals surface area (Å²) >= 11 is 0. The van der Waals surface area contributed by atoms with Crippen LogP contribution in [-0.2, 0) is 10.1 Å². The predicted octanol–water partition coefficient (Wildman–Crippen LogP) is 4.41. The Hall–Kier alpha value is -4.12. The van der Waals surface area contributed by atoms with Gasteiger partial charge in [-0.3, -0.25) is 14.9 Å². The lowest BCUT2D eigenvalue weighted by molar-refractivity contribution is -0.385. The van der Waals surface area contributed by atoms with Gasteiger partial charge in [0.05, 0.1) is 18.1 Å². The molecule has 0 unspecified atom stereocenters. The fourth-order valence-electron chi connectivity index (χ4n) is 2.92. The summed E-state index contributed by atoms with van der Waals surface area (Å²) in [5, 5.41) is 13.6. The highest BCUT2D eigenvalue weighted by atomic mass is 32.2. The molecule has 1 N–H and O–H groups in total. The first-order valence-electron chi connectivity index (χ1n) is 10.2. The van der Waals surface area contributed by atoms with Gasteiger partial charge in [0.2, 0.25) is 0 Å². The lowest BCUT2D eigenvalue weighted by Crippen LogP contribution is -2.13. The van der Waals surface area contributed by atoms with Crippen LogP contribution in [0.25, 0.3) is 0 Å². The van der Waals surface area contributed by atoms with Crippen LogP contribution in [0.5, 0.6) is 17.2 Å². The number of nitro groups is 1. The summed E-state index contributed by atoms with van der Waals surface area (Å²) in [6.45, 7) is 4.59. The summed E-state index contributed by atoms with van der Waals surface area (Å²) in [6.07, 6.45) is 0. The molecule has 0 atom stereocenters. The predicted molar refractivity (Wildman–Crippen MR) is 124 cm³/mol. The number of hydrogen-bond acceptors (Lipinski definition) is 8. The Kier molecular flexibility index (Phi) is 7.69. The van der Waals surface area contributed by atoms with Crippen molar-refractivity contribution in [2.45, 2.75) is 18.7 Å². The smallest absolute Gasteiger partial charge is 0.339 e. The van der Waals surface area contributed by atoms with Crippen molar-refractivity contribution in [3.8, 4) is 17.2 Å². The van der Waals surface area contributed by atoms with E-state index in [4.69, 9.17) is 13.7 Å². The molecule has 0 aromatic heterocycles. The number of rotatable bonds is 10. The number of carbonyl (C=O) groups is 1. The average Bonchev–Trinajstić information content (AvgIpc) is 2.81. The summed E-state index contributed by atoms with van der Waals surface area (Å²) in [6, 6.07) is 15.0. The van der Waals surface area contributed by atoms with Crippen molar-refractivity contribution in [3.05, 3.63) is 82.4 Å². The molecule has 0 heterocycles. The summed E-state index contributed by atoms with van der Waals surface area (Å²) in [4.78, 5) is 22.4. The van der Waals surface area contributed by atoms with E-state index in [0.29, 0.717) is 30.4 Å². The standard InChI is InChI=1S/C23H22N2O8S/c1-3-31-21-13-10-17(14-22(21)32-4-2)24-23(26)16-8-11-19(12-9-16)33-34(29,30)20-7-5-6-18(15-20)25(27)28/h5-15H,3-4H2,1-2H3,(H,24,26). The molecular formula is C23H22N2O8S. The minimum absolute atomic E-state index is 0.0530. The van der Waals surface area contributed by atoms with Crippen LogP contribution >= 0.6 is 0 Å². The van der Waals surface area contributed by atoms with Gasteiger partial charge >= 0.3 is 10.1 Å². The monoisotopic (exact) mass is 486 g/mol. The molecule has 3 rings (SSSR count). The molecule has 0 fully saturated rings. The third-order valence-corrected chi connectivity index (χ3v) is 5.68. The van der Waals surface area contributed by atoms with E-state index in [-0.39, 0.29) is 21.9 Å². The number of carbonyl (C=O) groups excluding carboxylic acids is 1. The van der Waals surface area contributed by atoms with Gasteiger partial charge in [-0.1, -0.05) is 6.07 Å². The molecule has 0 aliphatic rings. The molecule has 3 aromatic rings. The van der Waals surface area contributed by atoms with Crippen molar-refractivity contribution in [2.75, 3.05) is 18.5 Å². The molecule has 10 nitrogen and oxygen atoms in total. The van der Waals surface area contributed by atoms with Crippen LogP contribution in [0.1, 0.15) is 24.2 Å². The van der Waals surface area contributed by atoms with Crippen LogP contribution in [0.2, 0.25) is 0 Å². The Bertz CT molecular complexity index is 1290. The van der Waals surface area contributed by atoms with E-state index in [1.54, 1.807) is 18.2 Å². The highest BCUT2D eigenvalue weighted by Crippen LogP contribution is 2.31. The molecule has 34 heavy (non-hydrogen) atoms. The molecule has 0 saturated heterocycles. The molecule has 11 heteroatoms. The van der Waals surface area contributed by atoms with E-state index < -0.39 is 20.9 Å². The quantitative estimate of drug-likeness (QED) is 0.253. The molecule has 0 aliphatic heterocycles. The zero-order valence-corrected chi connectivity index (χ0v) is 19.2. The maximum Gasteiger partial charge on any atom is 0.339 e. The second-order valence-electron chi connectivity index (χ2n) is 6.80. The average molecular weight is 487 g/mol. The molecule has 0 radical (unpaired) electrons. The number of ether oxygens (including phenoxy) is 2. The first kappa shape index (κ1) is 24.5. The third-order valence-electron chi connectivity index (χ3n) is 4.44. The van der Waals surface area contributed by atoms with E-state index in [1.165, 1.54) is 42.5 Å². The SMILES string of the molecule is CCOc1ccc(NC(=O)c2ccc(OS(=O)(=O)c3cccc([N+](=O)[O-])c3)cc2)cc1OCC. The number of benzene rings is 3. The second kappa shape index (κ2) is 10.7. The van der Waals surface area contributed by atoms with E-state index in [0.717, 1.165) is 6.07 Å². The molecule has 3 aromatic carbocycles. The first-order chi connectivity index (χ1) is 16.2. The van der Waals surface area contributed by atoms with Gasteiger partial charge in [0.25, 0.3) is 11.6 Å². The van der Waals surface area contributed by atoms with Crippen LogP contribution in [0.15, 0.2) is 71.6 Å². The molecule has 0 bridgehead atoms. The van der Waals surface area contributed by atoms with Crippen LogP contribution in [-0.4, -0.2) is 32.5 Å². The lowest BCUT2D eigenvalue weighted by Gasteiger charge is -2.13. The normalized spacial score (nSPS) is 10.9. The van der Waals surface area contributed by atoms with E-state index in [9.17, 15) is 23.3 Å². The summed E-state index contributed by atoms with van der Waals surface area (Å²) in [5.74, 6) is 0.577. The zero-order valence-electron chi connectivity index (χ0n) is 18.4. The van der Waals surface area contributed by atoms with Crippen LogP contribution < -0.4 is 19.0 Å². The van der Waals surface area contributed by atoms with Gasteiger partial charge < -0.3 is 19.0 Å². The zero-order chi connectivity index (χ0) is 24.7. The summed E-state index contributed by atoms with van der Waals surface area (Å²) in [5.41, 5.74) is 0.371. The Labute approximate surface area is 196 Å². The van der Waals surface area contributed by atoms with Crippen LogP contribution in [0.4, 0.5) is 11.4 Å². The lowest BCUT2D eigenvalue weighted by atomic mass is 10.2. The topological polar surface area (TPSA) is 134 Å². The van der Waals surface area contributed by atoms with E-state index in [1.807, 2.05) is 13.8 Å². The molecule has 178 valence electrons. The van der Waals surface area contributed by atoms with Crippen molar-refractivity contribution in [3.63, 3.8) is 0 Å². The van der Waals surface area contributed by atoms with Crippen molar-refractivity contribution in [1.82, 2.24) is 0 Å². The van der Waals surface area contributed by atoms with Crippen molar-refractivity contribution >= 4 is 27.4 Å². The Morgan fingerprint density at radius 2 is 1.62 bits per heavy atom. The maximum absolute atomic E-state index is 12.6. The highest BCUT2D eigenvalue weighted by molar-refractivity contribution is 7.87. The fourth-order valence-corrected chi connectivity index (χ4v) is 3.89. The number of nitrogens with zero attached hydrogens (tertiary/aromatic N) is 1. The van der Waals surface area contributed by atoms with Gasteiger partial charge in [0, 0.05) is 29.4 Å². The number of amides is 1. The molecular weight excluding hydrogens is 464 g/mol. The van der Waals surface area contributed by atoms with Crippen molar-refractivity contribution in [1.29, 1.82) is 0 Å². The largest absolute Gasteiger partial charge is 0.490 e. The number of nitrogens with one attached hydrogen (secondary N) is 1. The molecule has 0 spiro atoms.